The molecule has 1 atom stereocenters. The van der Waals surface area contributed by atoms with Crippen molar-refractivity contribution in [3.8, 4) is 0 Å². The molecule has 1 aromatic carbocycles. The van der Waals surface area contributed by atoms with Crippen LogP contribution in [0.15, 0.2) is 24.3 Å². The Labute approximate surface area is 122 Å². The Kier molecular flexibility index (Phi) is 4.58. The largest absolute Gasteiger partial charge is 0.380 e. The monoisotopic (exact) mass is 274 g/mol. The van der Waals surface area contributed by atoms with Crippen molar-refractivity contribution in [2.24, 2.45) is 0 Å². The molecule has 2 saturated heterocycles. The number of nitrogens with zero attached hydrogens (tertiary/aromatic N) is 2. The molecule has 0 aromatic heterocycles. The minimum absolute atomic E-state index is 0.706. The van der Waals surface area contributed by atoms with E-state index in [0.29, 0.717) is 6.61 Å². The number of benzene rings is 1. The zero-order valence-electron chi connectivity index (χ0n) is 12.6. The highest BCUT2D eigenvalue weighted by Gasteiger charge is 2.27. The van der Waals surface area contributed by atoms with Gasteiger partial charge in [-0.25, -0.2) is 0 Å². The molecule has 110 valence electrons. The van der Waals surface area contributed by atoms with E-state index in [1.54, 1.807) is 7.11 Å². The lowest BCUT2D eigenvalue weighted by atomic mass is 10.0. The van der Waals surface area contributed by atoms with E-state index in [2.05, 4.69) is 34.1 Å². The van der Waals surface area contributed by atoms with Crippen LogP contribution in [0.4, 0.5) is 5.69 Å². The number of piperidine rings is 1. The lowest BCUT2D eigenvalue weighted by molar-refractivity contribution is 0.162. The Morgan fingerprint density at radius 3 is 2.95 bits per heavy atom. The molecule has 2 aliphatic heterocycles. The van der Waals surface area contributed by atoms with Crippen LogP contribution in [0.1, 0.15) is 31.2 Å². The van der Waals surface area contributed by atoms with Gasteiger partial charge in [0.1, 0.15) is 0 Å². The summed E-state index contributed by atoms with van der Waals surface area (Å²) in [5, 5.41) is 0. The molecule has 3 rings (SSSR count). The Hall–Kier alpha value is -1.06. The molecule has 2 aliphatic rings. The van der Waals surface area contributed by atoms with Crippen molar-refractivity contribution in [3.63, 3.8) is 0 Å². The first-order valence-electron chi connectivity index (χ1n) is 7.94. The van der Waals surface area contributed by atoms with E-state index in [1.165, 1.54) is 63.1 Å². The molecular formula is C17H26N2O. The number of anilines is 1. The molecule has 2 fully saturated rings. The standard InChI is InChI=1S/C17H26N2O/c1-20-14-15-6-4-8-16(12-15)19-11-5-10-18-9-3-2-7-17(18)13-19/h4,6,8,12,17H,2-3,5,7,9-11,13-14H2,1H3. The van der Waals surface area contributed by atoms with Gasteiger partial charge in [0.05, 0.1) is 6.61 Å². The summed E-state index contributed by atoms with van der Waals surface area (Å²) in [4.78, 5) is 5.29. The van der Waals surface area contributed by atoms with Gasteiger partial charge in [-0.05, 0) is 43.5 Å². The van der Waals surface area contributed by atoms with Crippen LogP contribution >= 0.6 is 0 Å². The summed E-state index contributed by atoms with van der Waals surface area (Å²) in [5.41, 5.74) is 2.64. The van der Waals surface area contributed by atoms with Crippen LogP contribution in [0.3, 0.4) is 0 Å². The van der Waals surface area contributed by atoms with Crippen molar-refractivity contribution < 1.29 is 4.74 Å². The van der Waals surface area contributed by atoms with Crippen molar-refractivity contribution in [2.75, 3.05) is 38.2 Å². The van der Waals surface area contributed by atoms with Gasteiger partial charge in [-0.1, -0.05) is 18.6 Å². The maximum Gasteiger partial charge on any atom is 0.0713 e. The topological polar surface area (TPSA) is 15.7 Å². The third-order valence-corrected chi connectivity index (χ3v) is 4.64. The average molecular weight is 274 g/mol. The Bertz CT molecular complexity index is 435. The van der Waals surface area contributed by atoms with Crippen molar-refractivity contribution in [2.45, 2.75) is 38.3 Å². The molecule has 2 heterocycles. The van der Waals surface area contributed by atoms with E-state index < -0.39 is 0 Å². The zero-order valence-corrected chi connectivity index (χ0v) is 12.6. The number of ether oxygens (including phenoxy) is 1. The molecule has 1 aromatic rings. The van der Waals surface area contributed by atoms with Gasteiger partial charge in [0, 0.05) is 38.5 Å². The molecule has 3 nitrogen and oxygen atoms in total. The first kappa shape index (κ1) is 13.9. The van der Waals surface area contributed by atoms with Crippen LogP contribution in [0.5, 0.6) is 0 Å². The van der Waals surface area contributed by atoms with Crippen LogP contribution in [-0.2, 0) is 11.3 Å². The van der Waals surface area contributed by atoms with Gasteiger partial charge in [0.15, 0.2) is 0 Å². The van der Waals surface area contributed by atoms with Gasteiger partial charge in [0.25, 0.3) is 0 Å². The number of methoxy groups -OCH3 is 1. The highest BCUT2D eigenvalue weighted by atomic mass is 16.5. The summed E-state index contributed by atoms with van der Waals surface area (Å²) >= 11 is 0. The molecular weight excluding hydrogens is 248 g/mol. The lowest BCUT2D eigenvalue weighted by Gasteiger charge is -2.36. The van der Waals surface area contributed by atoms with E-state index in [0.717, 1.165) is 6.04 Å². The molecule has 0 radical (unpaired) electrons. The smallest absolute Gasteiger partial charge is 0.0713 e. The minimum atomic E-state index is 0.706. The normalized spacial score (nSPS) is 24.2. The van der Waals surface area contributed by atoms with Crippen LogP contribution in [0.25, 0.3) is 0 Å². The van der Waals surface area contributed by atoms with Crippen molar-refractivity contribution in [1.29, 1.82) is 0 Å². The lowest BCUT2D eigenvalue weighted by Crippen LogP contribution is -2.44. The van der Waals surface area contributed by atoms with E-state index in [9.17, 15) is 0 Å². The second-order valence-electron chi connectivity index (χ2n) is 6.09. The molecule has 1 unspecified atom stereocenters. The van der Waals surface area contributed by atoms with E-state index in [-0.39, 0.29) is 0 Å². The summed E-state index contributed by atoms with van der Waals surface area (Å²) in [6.45, 7) is 5.66. The van der Waals surface area contributed by atoms with Gasteiger partial charge in [-0.2, -0.15) is 0 Å². The third-order valence-electron chi connectivity index (χ3n) is 4.64. The summed E-state index contributed by atoms with van der Waals surface area (Å²) < 4.78 is 5.25. The van der Waals surface area contributed by atoms with E-state index >= 15 is 0 Å². The second-order valence-corrected chi connectivity index (χ2v) is 6.09. The van der Waals surface area contributed by atoms with E-state index in [4.69, 9.17) is 4.74 Å². The van der Waals surface area contributed by atoms with Gasteiger partial charge in [0.2, 0.25) is 0 Å². The Balaban J connectivity index is 1.73. The van der Waals surface area contributed by atoms with Crippen LogP contribution in [0, 0.1) is 0 Å². The molecule has 20 heavy (non-hydrogen) atoms. The van der Waals surface area contributed by atoms with Crippen molar-refractivity contribution in [3.05, 3.63) is 29.8 Å². The average Bonchev–Trinajstić information content (AvgIpc) is 2.70. The fraction of sp³-hybridized carbons (Fsp3) is 0.647. The highest BCUT2D eigenvalue weighted by molar-refractivity contribution is 5.49. The van der Waals surface area contributed by atoms with Gasteiger partial charge >= 0.3 is 0 Å². The predicted molar refractivity (Wildman–Crippen MR) is 83.2 cm³/mol. The molecule has 0 bridgehead atoms. The van der Waals surface area contributed by atoms with E-state index in [1.807, 2.05) is 0 Å². The molecule has 3 heteroatoms. The summed E-state index contributed by atoms with van der Waals surface area (Å²) in [6.07, 6.45) is 5.44. The van der Waals surface area contributed by atoms with Crippen LogP contribution < -0.4 is 4.90 Å². The Morgan fingerprint density at radius 2 is 2.05 bits per heavy atom. The van der Waals surface area contributed by atoms with Crippen molar-refractivity contribution >= 4 is 5.69 Å². The van der Waals surface area contributed by atoms with Gasteiger partial charge < -0.3 is 9.64 Å². The number of hydrogen-bond acceptors (Lipinski definition) is 3. The zero-order chi connectivity index (χ0) is 13.8. The third kappa shape index (κ3) is 3.15. The second kappa shape index (κ2) is 6.59. The molecule has 0 aliphatic carbocycles. The first-order chi connectivity index (χ1) is 9.86. The number of rotatable bonds is 3. The molecule has 0 saturated carbocycles. The van der Waals surface area contributed by atoms with Crippen molar-refractivity contribution in [1.82, 2.24) is 4.90 Å². The summed E-state index contributed by atoms with van der Waals surface area (Å²) in [7, 11) is 1.76. The van der Waals surface area contributed by atoms with Crippen LogP contribution in [0.2, 0.25) is 0 Å². The fourth-order valence-corrected chi connectivity index (χ4v) is 3.62. The molecule has 0 amide bonds. The number of hydrogen-bond donors (Lipinski definition) is 0. The highest BCUT2D eigenvalue weighted by Crippen LogP contribution is 2.25. The molecule has 0 spiro atoms. The summed E-state index contributed by atoms with van der Waals surface area (Å²) in [6, 6.07) is 9.61. The maximum absolute atomic E-state index is 5.25. The maximum atomic E-state index is 5.25. The summed E-state index contributed by atoms with van der Waals surface area (Å²) in [5.74, 6) is 0. The molecule has 0 N–H and O–H groups in total. The quantitative estimate of drug-likeness (QED) is 0.843. The van der Waals surface area contributed by atoms with Gasteiger partial charge in [-0.15, -0.1) is 0 Å². The Morgan fingerprint density at radius 1 is 1.15 bits per heavy atom. The van der Waals surface area contributed by atoms with Crippen LogP contribution in [-0.4, -0.2) is 44.2 Å². The predicted octanol–water partition coefficient (Wildman–Crippen LogP) is 2.90. The SMILES string of the molecule is COCc1cccc(N2CCCN3CCCCC3C2)c1. The number of fused-ring (bicyclic) bond motifs is 1. The fourth-order valence-electron chi connectivity index (χ4n) is 3.62. The first-order valence-corrected chi connectivity index (χ1v) is 7.94. The van der Waals surface area contributed by atoms with Gasteiger partial charge in [-0.3, -0.25) is 4.90 Å². The minimum Gasteiger partial charge on any atom is -0.380 e.